The molecule has 0 spiro atoms. The number of ether oxygens (including phenoxy) is 2. The highest BCUT2D eigenvalue weighted by Crippen LogP contribution is 2.24. The largest absolute Gasteiger partial charge is 0.481 e. The Morgan fingerprint density at radius 3 is 2.60 bits per heavy atom. The quantitative estimate of drug-likeness (QED) is 0.287. The van der Waals surface area contributed by atoms with Crippen LogP contribution in [0.1, 0.15) is 10.4 Å². The number of hydrogen-bond donors (Lipinski definition) is 1. The van der Waals surface area contributed by atoms with Crippen LogP contribution >= 0.6 is 23.8 Å². The second-order valence-electron chi connectivity index (χ2n) is 6.29. The van der Waals surface area contributed by atoms with Crippen molar-refractivity contribution in [3.05, 3.63) is 70.6 Å². The minimum Gasteiger partial charge on any atom is -0.481 e. The number of anilines is 2. The normalized spacial score (nSPS) is 10.5. The SMILES string of the molecule is C=CCn1cc(Nc2ccc(Cl)cc2)n(CC(=O)c2ccc(OC)nc2OC)c1=S. The molecule has 1 aromatic carbocycles. The lowest BCUT2D eigenvalue weighted by Crippen LogP contribution is -2.14. The molecular weight excluding hydrogens is 424 g/mol. The molecule has 0 amide bonds. The van der Waals surface area contributed by atoms with Gasteiger partial charge in [-0.05, 0) is 42.5 Å². The Morgan fingerprint density at radius 2 is 1.97 bits per heavy atom. The number of imidazole rings is 1. The van der Waals surface area contributed by atoms with Crippen molar-refractivity contribution in [1.29, 1.82) is 0 Å². The molecule has 0 unspecified atom stereocenters. The maximum Gasteiger partial charge on any atom is 0.227 e. The van der Waals surface area contributed by atoms with Crippen LogP contribution in [0.2, 0.25) is 5.02 Å². The average Bonchev–Trinajstić information content (AvgIpc) is 3.03. The number of aromatic nitrogens is 3. The van der Waals surface area contributed by atoms with E-state index in [0.29, 0.717) is 33.6 Å². The number of rotatable bonds is 9. The van der Waals surface area contributed by atoms with E-state index < -0.39 is 0 Å². The zero-order chi connectivity index (χ0) is 21.7. The van der Waals surface area contributed by atoms with Crippen LogP contribution in [0.3, 0.4) is 0 Å². The van der Waals surface area contributed by atoms with E-state index >= 15 is 0 Å². The number of nitrogens with one attached hydrogen (secondary N) is 1. The first kappa shape index (κ1) is 21.6. The number of halogens is 1. The van der Waals surface area contributed by atoms with Crippen molar-refractivity contribution in [1.82, 2.24) is 14.1 Å². The molecule has 0 atom stereocenters. The van der Waals surface area contributed by atoms with Crippen LogP contribution in [0, 0.1) is 4.77 Å². The number of benzene rings is 1. The maximum atomic E-state index is 13.1. The van der Waals surface area contributed by atoms with E-state index in [0.717, 1.165) is 5.69 Å². The average molecular weight is 445 g/mol. The number of ketones is 1. The third-order valence-corrected chi connectivity index (χ3v) is 5.03. The molecule has 0 saturated carbocycles. The van der Waals surface area contributed by atoms with Crippen LogP contribution < -0.4 is 14.8 Å². The molecule has 3 rings (SSSR count). The number of methoxy groups -OCH3 is 2. The number of allylic oxidation sites excluding steroid dienone is 1. The number of carbonyl (C=O) groups is 1. The van der Waals surface area contributed by atoms with Gasteiger partial charge < -0.3 is 19.4 Å². The first-order valence-electron chi connectivity index (χ1n) is 9.02. The van der Waals surface area contributed by atoms with Gasteiger partial charge in [-0.1, -0.05) is 17.7 Å². The van der Waals surface area contributed by atoms with Crippen molar-refractivity contribution >= 4 is 41.1 Å². The maximum absolute atomic E-state index is 13.1. The number of carbonyl (C=O) groups excluding carboxylic acids is 1. The molecule has 0 aliphatic carbocycles. The monoisotopic (exact) mass is 444 g/mol. The van der Waals surface area contributed by atoms with Crippen molar-refractivity contribution in [2.45, 2.75) is 13.1 Å². The summed E-state index contributed by atoms with van der Waals surface area (Å²) in [6.45, 7) is 4.28. The van der Waals surface area contributed by atoms with Crippen molar-refractivity contribution in [2.24, 2.45) is 0 Å². The van der Waals surface area contributed by atoms with Gasteiger partial charge in [0.05, 0.1) is 26.3 Å². The predicted octanol–water partition coefficient (Wildman–Crippen LogP) is 4.90. The smallest absolute Gasteiger partial charge is 0.227 e. The van der Waals surface area contributed by atoms with Gasteiger partial charge in [-0.2, -0.15) is 4.98 Å². The topological polar surface area (TPSA) is 70.3 Å². The molecule has 0 aliphatic rings. The van der Waals surface area contributed by atoms with E-state index in [1.165, 1.54) is 14.2 Å². The fourth-order valence-electron chi connectivity index (χ4n) is 2.87. The summed E-state index contributed by atoms with van der Waals surface area (Å²) in [4.78, 5) is 17.2. The van der Waals surface area contributed by atoms with Gasteiger partial charge in [0.2, 0.25) is 11.8 Å². The minimum absolute atomic E-state index is 0.00324. The van der Waals surface area contributed by atoms with Crippen molar-refractivity contribution < 1.29 is 14.3 Å². The molecule has 0 fully saturated rings. The Labute approximate surface area is 184 Å². The summed E-state index contributed by atoms with van der Waals surface area (Å²) in [6.07, 6.45) is 3.58. The molecular formula is C21H21ClN4O3S. The summed E-state index contributed by atoms with van der Waals surface area (Å²) >= 11 is 11.5. The van der Waals surface area contributed by atoms with Gasteiger partial charge >= 0.3 is 0 Å². The lowest BCUT2D eigenvalue weighted by Gasteiger charge is -2.12. The Balaban J connectivity index is 1.96. The molecule has 0 aliphatic heterocycles. The lowest BCUT2D eigenvalue weighted by molar-refractivity contribution is 0.0968. The van der Waals surface area contributed by atoms with E-state index in [4.69, 9.17) is 33.3 Å². The first-order valence-corrected chi connectivity index (χ1v) is 9.81. The van der Waals surface area contributed by atoms with Crippen LogP contribution in [-0.4, -0.2) is 34.1 Å². The third kappa shape index (κ3) is 4.72. The summed E-state index contributed by atoms with van der Waals surface area (Å²) in [5.74, 6) is 1.03. The van der Waals surface area contributed by atoms with E-state index in [1.54, 1.807) is 34.9 Å². The first-order chi connectivity index (χ1) is 14.5. The number of pyridine rings is 1. The third-order valence-electron chi connectivity index (χ3n) is 4.33. The summed E-state index contributed by atoms with van der Waals surface area (Å²) < 4.78 is 14.4. The molecule has 156 valence electrons. The second-order valence-corrected chi connectivity index (χ2v) is 7.09. The van der Waals surface area contributed by atoms with E-state index in [9.17, 15) is 4.79 Å². The molecule has 1 N–H and O–H groups in total. The molecule has 0 saturated heterocycles. The highest BCUT2D eigenvalue weighted by atomic mass is 35.5. The second kappa shape index (κ2) is 9.60. The molecule has 0 bridgehead atoms. The number of nitrogens with zero attached hydrogens (tertiary/aromatic N) is 3. The standard InChI is InChI=1S/C21H21ClN4O3S/c1-4-11-25-13-18(23-15-7-5-14(22)6-8-15)26(21(25)30)12-17(27)16-9-10-19(28-2)24-20(16)29-3/h4-10,13,23H,1,11-12H2,2-3H3. The minimum atomic E-state index is -0.200. The zero-order valence-corrected chi connectivity index (χ0v) is 18.2. The van der Waals surface area contributed by atoms with Crippen molar-refractivity contribution in [2.75, 3.05) is 19.5 Å². The van der Waals surface area contributed by atoms with Crippen LogP contribution in [0.5, 0.6) is 11.8 Å². The summed E-state index contributed by atoms with van der Waals surface area (Å²) in [6, 6.07) is 10.5. The Hall–Kier alpha value is -3.10. The number of hydrogen-bond acceptors (Lipinski definition) is 6. The van der Waals surface area contributed by atoms with Gasteiger partial charge in [-0.25, -0.2) is 0 Å². The van der Waals surface area contributed by atoms with Gasteiger partial charge in [0.25, 0.3) is 0 Å². The summed E-state index contributed by atoms with van der Waals surface area (Å²) in [7, 11) is 2.96. The predicted molar refractivity (Wildman–Crippen MR) is 120 cm³/mol. The Morgan fingerprint density at radius 1 is 1.23 bits per heavy atom. The van der Waals surface area contributed by atoms with Crippen LogP contribution in [0.15, 0.2) is 55.3 Å². The fraction of sp³-hybridized carbons (Fsp3) is 0.190. The van der Waals surface area contributed by atoms with Crippen molar-refractivity contribution in [3.8, 4) is 11.8 Å². The van der Waals surface area contributed by atoms with Crippen LogP contribution in [-0.2, 0) is 13.1 Å². The molecule has 30 heavy (non-hydrogen) atoms. The molecule has 2 aromatic heterocycles. The Kier molecular flexibility index (Phi) is 6.91. The van der Waals surface area contributed by atoms with E-state index in [2.05, 4.69) is 16.9 Å². The highest BCUT2D eigenvalue weighted by molar-refractivity contribution is 7.71. The highest BCUT2D eigenvalue weighted by Gasteiger charge is 2.18. The van der Waals surface area contributed by atoms with Crippen LogP contribution in [0.4, 0.5) is 11.5 Å². The number of Topliss-reactive ketones (excluding diaryl/α,β-unsaturated/α-hetero) is 1. The molecule has 9 heteroatoms. The lowest BCUT2D eigenvalue weighted by atomic mass is 10.1. The zero-order valence-electron chi connectivity index (χ0n) is 16.6. The summed E-state index contributed by atoms with van der Waals surface area (Å²) in [5, 5.41) is 3.92. The van der Waals surface area contributed by atoms with Crippen molar-refractivity contribution in [3.63, 3.8) is 0 Å². The van der Waals surface area contributed by atoms with Gasteiger partial charge in [-0.15, -0.1) is 6.58 Å². The van der Waals surface area contributed by atoms with Gasteiger partial charge in [0.1, 0.15) is 5.82 Å². The van der Waals surface area contributed by atoms with Gasteiger partial charge in [-0.3, -0.25) is 9.36 Å². The molecule has 2 heterocycles. The summed E-state index contributed by atoms with van der Waals surface area (Å²) in [5.41, 5.74) is 1.16. The van der Waals surface area contributed by atoms with Gasteiger partial charge in [0.15, 0.2) is 10.6 Å². The van der Waals surface area contributed by atoms with E-state index in [-0.39, 0.29) is 18.2 Å². The van der Waals surface area contributed by atoms with Gasteiger partial charge in [0, 0.05) is 29.5 Å². The molecule has 7 nitrogen and oxygen atoms in total. The van der Waals surface area contributed by atoms with E-state index in [1.807, 2.05) is 22.9 Å². The fourth-order valence-corrected chi connectivity index (χ4v) is 3.28. The molecule has 3 aromatic rings. The molecule has 0 radical (unpaired) electrons. The Bertz CT molecular complexity index is 1120. The van der Waals surface area contributed by atoms with Crippen LogP contribution in [0.25, 0.3) is 0 Å².